The molecule has 3 rings (SSSR count). The number of halogens is 1. The molecule has 116 valence electrons. The molecule has 2 aromatic heterocycles. The molecule has 3 heterocycles. The Morgan fingerprint density at radius 3 is 3.18 bits per heavy atom. The summed E-state index contributed by atoms with van der Waals surface area (Å²) in [5.74, 6) is 0.474. The van der Waals surface area contributed by atoms with Crippen molar-refractivity contribution in [2.24, 2.45) is 0 Å². The highest BCUT2D eigenvalue weighted by Gasteiger charge is 2.19. The zero-order valence-corrected chi connectivity index (χ0v) is 15.1. The van der Waals surface area contributed by atoms with E-state index in [-0.39, 0.29) is 5.91 Å². The molecule has 0 radical (unpaired) electrons. The van der Waals surface area contributed by atoms with E-state index in [2.05, 4.69) is 44.7 Å². The minimum Gasteiger partial charge on any atom is -0.451 e. The highest BCUT2D eigenvalue weighted by atomic mass is 127. The van der Waals surface area contributed by atoms with Crippen LogP contribution < -0.4 is 5.32 Å². The Bertz CT molecular complexity index is 707. The number of hydrogen-bond donors (Lipinski definition) is 1. The molecule has 1 aliphatic heterocycles. The van der Waals surface area contributed by atoms with Gasteiger partial charge in [-0.15, -0.1) is 11.3 Å². The lowest BCUT2D eigenvalue weighted by Crippen LogP contribution is -2.29. The normalized spacial score (nSPS) is 15.2. The Kier molecular flexibility index (Phi) is 4.94. The van der Waals surface area contributed by atoms with E-state index in [1.807, 2.05) is 12.1 Å². The fourth-order valence-electron chi connectivity index (χ4n) is 2.29. The first-order valence-corrected chi connectivity index (χ1v) is 8.99. The molecule has 2 aromatic rings. The molecule has 7 heteroatoms. The Balaban J connectivity index is 1.62. The SMILES string of the molecule is CCN1CCc2nc(NC(=O)C=Cc3ccc(I)o3)sc2C1. The number of likely N-dealkylation sites (N-methyl/N-ethyl adjacent to an activating group) is 1. The summed E-state index contributed by atoms with van der Waals surface area (Å²) in [7, 11) is 0. The molecule has 0 saturated carbocycles. The summed E-state index contributed by atoms with van der Waals surface area (Å²) in [5.41, 5.74) is 1.12. The van der Waals surface area contributed by atoms with Gasteiger partial charge in [-0.3, -0.25) is 15.0 Å². The van der Waals surface area contributed by atoms with Crippen LogP contribution in [0.5, 0.6) is 0 Å². The molecule has 1 aliphatic rings. The van der Waals surface area contributed by atoms with Gasteiger partial charge in [-0.25, -0.2) is 4.98 Å². The lowest BCUT2D eigenvalue weighted by molar-refractivity contribution is -0.111. The van der Waals surface area contributed by atoms with E-state index >= 15 is 0 Å². The molecule has 1 amide bonds. The van der Waals surface area contributed by atoms with E-state index in [9.17, 15) is 4.79 Å². The van der Waals surface area contributed by atoms with Crippen LogP contribution in [0.2, 0.25) is 0 Å². The average molecular weight is 429 g/mol. The number of hydrogen-bond acceptors (Lipinski definition) is 5. The number of nitrogens with one attached hydrogen (secondary N) is 1. The first-order valence-electron chi connectivity index (χ1n) is 7.09. The standard InChI is InChI=1S/C15H16IN3O2S/c1-2-19-8-7-11-12(9-19)22-15(17-11)18-14(20)6-4-10-3-5-13(16)21-10/h3-6H,2,7-9H2,1H3,(H,17,18,20). The van der Waals surface area contributed by atoms with Crippen molar-refractivity contribution in [3.8, 4) is 0 Å². The van der Waals surface area contributed by atoms with Crippen molar-refractivity contribution in [2.45, 2.75) is 19.9 Å². The summed E-state index contributed by atoms with van der Waals surface area (Å²) < 4.78 is 6.17. The molecule has 0 atom stereocenters. The maximum atomic E-state index is 11.9. The zero-order valence-electron chi connectivity index (χ0n) is 12.1. The minimum atomic E-state index is -0.190. The van der Waals surface area contributed by atoms with Crippen molar-refractivity contribution in [3.63, 3.8) is 0 Å². The molecular formula is C15H16IN3O2S. The second kappa shape index (κ2) is 6.93. The van der Waals surface area contributed by atoms with Gasteiger partial charge in [0.15, 0.2) is 8.90 Å². The summed E-state index contributed by atoms with van der Waals surface area (Å²) in [6.07, 6.45) is 4.08. The summed E-state index contributed by atoms with van der Waals surface area (Å²) in [6.45, 7) is 5.18. The predicted molar refractivity (Wildman–Crippen MR) is 95.9 cm³/mol. The van der Waals surface area contributed by atoms with E-state index in [0.29, 0.717) is 10.9 Å². The van der Waals surface area contributed by atoms with Crippen LogP contribution in [0.3, 0.4) is 0 Å². The Morgan fingerprint density at radius 2 is 2.45 bits per heavy atom. The van der Waals surface area contributed by atoms with Gasteiger partial charge in [-0.1, -0.05) is 6.92 Å². The largest absolute Gasteiger partial charge is 0.451 e. The van der Waals surface area contributed by atoms with Gasteiger partial charge in [0.2, 0.25) is 5.91 Å². The number of anilines is 1. The summed E-state index contributed by atoms with van der Waals surface area (Å²) in [5, 5.41) is 3.50. The van der Waals surface area contributed by atoms with Crippen molar-refractivity contribution in [1.82, 2.24) is 9.88 Å². The van der Waals surface area contributed by atoms with Crippen molar-refractivity contribution < 1.29 is 9.21 Å². The average Bonchev–Trinajstić information content (AvgIpc) is 3.09. The van der Waals surface area contributed by atoms with E-state index in [0.717, 1.165) is 35.5 Å². The molecule has 0 aliphatic carbocycles. The van der Waals surface area contributed by atoms with Crippen LogP contribution in [0.15, 0.2) is 22.6 Å². The highest BCUT2D eigenvalue weighted by Crippen LogP contribution is 2.28. The number of amides is 1. The molecule has 5 nitrogen and oxygen atoms in total. The van der Waals surface area contributed by atoms with Gasteiger partial charge in [0.05, 0.1) is 5.69 Å². The quantitative estimate of drug-likeness (QED) is 0.598. The molecule has 0 unspecified atom stereocenters. The van der Waals surface area contributed by atoms with Crippen LogP contribution in [0.1, 0.15) is 23.3 Å². The summed E-state index contributed by atoms with van der Waals surface area (Å²) in [4.78, 5) is 20.1. The maximum absolute atomic E-state index is 11.9. The zero-order chi connectivity index (χ0) is 15.5. The number of rotatable bonds is 4. The molecule has 0 saturated heterocycles. The summed E-state index contributed by atoms with van der Waals surface area (Å²) in [6, 6.07) is 3.68. The summed E-state index contributed by atoms with van der Waals surface area (Å²) >= 11 is 3.65. The van der Waals surface area contributed by atoms with E-state index in [4.69, 9.17) is 4.42 Å². The number of carbonyl (C=O) groups excluding carboxylic acids is 1. The molecular weight excluding hydrogens is 413 g/mol. The molecule has 22 heavy (non-hydrogen) atoms. The third-order valence-corrected chi connectivity index (χ3v) is 5.06. The Morgan fingerprint density at radius 1 is 1.59 bits per heavy atom. The van der Waals surface area contributed by atoms with E-state index < -0.39 is 0 Å². The van der Waals surface area contributed by atoms with Crippen molar-refractivity contribution >= 4 is 51.0 Å². The molecule has 1 N–H and O–H groups in total. The number of thiazole rings is 1. The number of fused-ring (bicyclic) bond motifs is 1. The number of carbonyl (C=O) groups is 1. The molecule has 0 aromatic carbocycles. The van der Waals surface area contributed by atoms with Gasteiger partial charge < -0.3 is 4.42 Å². The van der Waals surface area contributed by atoms with Gasteiger partial charge in [0.25, 0.3) is 0 Å². The number of nitrogens with zero attached hydrogens (tertiary/aromatic N) is 2. The van der Waals surface area contributed by atoms with E-state index in [1.54, 1.807) is 17.4 Å². The second-order valence-corrected chi connectivity index (χ2v) is 7.12. The number of furan rings is 1. The van der Waals surface area contributed by atoms with Crippen molar-refractivity contribution in [3.05, 3.63) is 38.3 Å². The van der Waals surface area contributed by atoms with Crippen LogP contribution >= 0.6 is 33.9 Å². The molecule has 0 bridgehead atoms. The van der Waals surface area contributed by atoms with Gasteiger partial charge in [0, 0.05) is 30.5 Å². The Hall–Kier alpha value is -1.19. The van der Waals surface area contributed by atoms with Crippen LogP contribution in [0.4, 0.5) is 5.13 Å². The molecule has 0 fully saturated rings. The monoisotopic (exact) mass is 429 g/mol. The second-order valence-electron chi connectivity index (χ2n) is 4.97. The number of aromatic nitrogens is 1. The van der Waals surface area contributed by atoms with E-state index in [1.165, 1.54) is 11.0 Å². The minimum absolute atomic E-state index is 0.190. The van der Waals surface area contributed by atoms with Crippen LogP contribution in [0.25, 0.3) is 6.08 Å². The maximum Gasteiger partial charge on any atom is 0.250 e. The third kappa shape index (κ3) is 3.76. The van der Waals surface area contributed by atoms with Gasteiger partial charge in [-0.2, -0.15) is 0 Å². The third-order valence-electron chi connectivity index (χ3n) is 3.48. The van der Waals surface area contributed by atoms with Gasteiger partial charge >= 0.3 is 0 Å². The van der Waals surface area contributed by atoms with Crippen molar-refractivity contribution in [2.75, 3.05) is 18.4 Å². The fraction of sp³-hybridized carbons (Fsp3) is 0.333. The first kappa shape index (κ1) is 15.7. The topological polar surface area (TPSA) is 58.4 Å². The first-order chi connectivity index (χ1) is 10.6. The fourth-order valence-corrected chi connectivity index (χ4v) is 3.78. The highest BCUT2D eigenvalue weighted by molar-refractivity contribution is 14.1. The smallest absolute Gasteiger partial charge is 0.250 e. The van der Waals surface area contributed by atoms with Gasteiger partial charge in [-0.05, 0) is 47.3 Å². The predicted octanol–water partition coefficient (Wildman–Crippen LogP) is 3.37. The van der Waals surface area contributed by atoms with Crippen LogP contribution in [-0.2, 0) is 17.8 Å². The lowest BCUT2D eigenvalue weighted by atomic mass is 10.2. The van der Waals surface area contributed by atoms with Crippen LogP contribution in [-0.4, -0.2) is 28.9 Å². The van der Waals surface area contributed by atoms with Gasteiger partial charge in [0.1, 0.15) is 5.76 Å². The van der Waals surface area contributed by atoms with Crippen LogP contribution in [0, 0.1) is 3.77 Å². The Labute approximate surface area is 146 Å². The van der Waals surface area contributed by atoms with Crippen molar-refractivity contribution in [1.29, 1.82) is 0 Å². The lowest BCUT2D eigenvalue weighted by Gasteiger charge is -2.23. The molecule has 0 spiro atoms.